The highest BCUT2D eigenvalue weighted by Gasteiger charge is 2.25. The summed E-state index contributed by atoms with van der Waals surface area (Å²) >= 11 is 0. The Bertz CT molecular complexity index is 328. The second-order valence-electron chi connectivity index (χ2n) is 4.90. The van der Waals surface area contributed by atoms with E-state index in [1.807, 2.05) is 13.8 Å². The molecule has 6 heteroatoms. The van der Waals surface area contributed by atoms with Gasteiger partial charge in [0.15, 0.2) is 0 Å². The van der Waals surface area contributed by atoms with Gasteiger partial charge in [-0.15, -0.1) is 0 Å². The molecule has 18 heavy (non-hydrogen) atoms. The highest BCUT2D eigenvalue weighted by atomic mass is 32.2. The van der Waals surface area contributed by atoms with E-state index in [4.69, 9.17) is 0 Å². The van der Waals surface area contributed by atoms with E-state index < -0.39 is 10.2 Å². The quantitative estimate of drug-likeness (QED) is 0.607. The SMILES string of the molecule is CCCN(CC)S(=O)(=O)N(C)CCCNC1CC1. The molecule has 0 aromatic heterocycles. The van der Waals surface area contributed by atoms with Crippen LogP contribution in [0.2, 0.25) is 0 Å². The fourth-order valence-electron chi connectivity index (χ4n) is 1.89. The van der Waals surface area contributed by atoms with Crippen molar-refractivity contribution in [1.82, 2.24) is 13.9 Å². The average molecular weight is 277 g/mol. The summed E-state index contributed by atoms with van der Waals surface area (Å²) in [6.45, 7) is 6.52. The van der Waals surface area contributed by atoms with E-state index in [-0.39, 0.29) is 0 Å². The van der Waals surface area contributed by atoms with Crippen molar-refractivity contribution in [3.05, 3.63) is 0 Å². The summed E-state index contributed by atoms with van der Waals surface area (Å²) in [5.74, 6) is 0. The van der Waals surface area contributed by atoms with Crippen molar-refractivity contribution in [1.29, 1.82) is 0 Å². The topological polar surface area (TPSA) is 52.7 Å². The van der Waals surface area contributed by atoms with Gasteiger partial charge in [0.25, 0.3) is 10.2 Å². The first-order valence-corrected chi connectivity index (χ1v) is 8.36. The Morgan fingerprint density at radius 2 is 1.89 bits per heavy atom. The van der Waals surface area contributed by atoms with Crippen LogP contribution in [0.4, 0.5) is 0 Å². The molecule has 0 radical (unpaired) electrons. The van der Waals surface area contributed by atoms with Gasteiger partial charge >= 0.3 is 0 Å². The van der Waals surface area contributed by atoms with E-state index in [9.17, 15) is 8.42 Å². The predicted molar refractivity (Wildman–Crippen MR) is 74.7 cm³/mol. The van der Waals surface area contributed by atoms with Gasteiger partial charge in [-0.3, -0.25) is 0 Å². The maximum absolute atomic E-state index is 12.2. The van der Waals surface area contributed by atoms with Crippen molar-refractivity contribution in [2.45, 2.75) is 45.6 Å². The minimum Gasteiger partial charge on any atom is -0.314 e. The molecule has 108 valence electrons. The monoisotopic (exact) mass is 277 g/mol. The summed E-state index contributed by atoms with van der Waals surface area (Å²) in [6, 6.07) is 0.694. The first kappa shape index (κ1) is 15.9. The largest absolute Gasteiger partial charge is 0.314 e. The Kier molecular flexibility index (Phi) is 6.55. The van der Waals surface area contributed by atoms with Crippen LogP contribution in [-0.2, 0) is 10.2 Å². The summed E-state index contributed by atoms with van der Waals surface area (Å²) in [6.07, 6.45) is 4.27. The summed E-state index contributed by atoms with van der Waals surface area (Å²) in [7, 11) is -1.59. The maximum atomic E-state index is 12.2. The fraction of sp³-hybridized carbons (Fsp3) is 1.00. The van der Waals surface area contributed by atoms with Gasteiger partial charge in [0, 0.05) is 32.7 Å². The highest BCUT2D eigenvalue weighted by Crippen LogP contribution is 2.18. The zero-order chi connectivity index (χ0) is 13.6. The maximum Gasteiger partial charge on any atom is 0.281 e. The number of hydrogen-bond acceptors (Lipinski definition) is 3. The van der Waals surface area contributed by atoms with Crippen LogP contribution in [0, 0.1) is 0 Å². The van der Waals surface area contributed by atoms with Gasteiger partial charge in [0.2, 0.25) is 0 Å². The molecule has 1 aliphatic rings. The van der Waals surface area contributed by atoms with E-state index in [1.54, 1.807) is 11.4 Å². The molecule has 5 nitrogen and oxygen atoms in total. The van der Waals surface area contributed by atoms with Crippen molar-refractivity contribution in [3.63, 3.8) is 0 Å². The van der Waals surface area contributed by atoms with Crippen LogP contribution in [0.5, 0.6) is 0 Å². The Balaban J connectivity index is 2.33. The van der Waals surface area contributed by atoms with Crippen LogP contribution in [-0.4, -0.2) is 56.3 Å². The minimum atomic E-state index is -3.26. The van der Waals surface area contributed by atoms with Gasteiger partial charge in [-0.25, -0.2) is 0 Å². The molecule has 0 aromatic rings. The molecular weight excluding hydrogens is 250 g/mol. The molecule has 0 bridgehead atoms. The lowest BCUT2D eigenvalue weighted by Crippen LogP contribution is -2.43. The van der Waals surface area contributed by atoms with Crippen LogP contribution in [0.3, 0.4) is 0 Å². The number of rotatable bonds is 10. The van der Waals surface area contributed by atoms with Crippen molar-refractivity contribution < 1.29 is 8.42 Å². The van der Waals surface area contributed by atoms with Crippen molar-refractivity contribution >= 4 is 10.2 Å². The molecule has 1 N–H and O–H groups in total. The summed E-state index contributed by atoms with van der Waals surface area (Å²) in [4.78, 5) is 0. The Labute approximate surface area is 112 Å². The third kappa shape index (κ3) is 4.84. The van der Waals surface area contributed by atoms with Gasteiger partial charge < -0.3 is 5.32 Å². The van der Waals surface area contributed by atoms with Crippen molar-refractivity contribution in [3.8, 4) is 0 Å². The highest BCUT2D eigenvalue weighted by molar-refractivity contribution is 7.86. The Morgan fingerprint density at radius 1 is 1.22 bits per heavy atom. The lowest BCUT2D eigenvalue weighted by molar-refractivity contribution is 0.364. The smallest absolute Gasteiger partial charge is 0.281 e. The molecule has 1 saturated carbocycles. The second-order valence-corrected chi connectivity index (χ2v) is 6.94. The summed E-state index contributed by atoms with van der Waals surface area (Å²) in [5.41, 5.74) is 0. The van der Waals surface area contributed by atoms with E-state index in [2.05, 4.69) is 5.32 Å². The molecule has 0 aliphatic heterocycles. The van der Waals surface area contributed by atoms with E-state index in [0.29, 0.717) is 25.7 Å². The minimum absolute atomic E-state index is 0.542. The third-order valence-electron chi connectivity index (χ3n) is 3.21. The van der Waals surface area contributed by atoms with E-state index in [1.165, 1.54) is 17.1 Å². The molecule has 0 heterocycles. The zero-order valence-electron chi connectivity index (χ0n) is 11.9. The zero-order valence-corrected chi connectivity index (χ0v) is 12.7. The third-order valence-corrected chi connectivity index (χ3v) is 5.27. The average Bonchev–Trinajstić information content (AvgIpc) is 3.14. The molecular formula is C12H27N3O2S. The molecule has 0 aromatic carbocycles. The molecule has 0 unspecified atom stereocenters. The van der Waals surface area contributed by atoms with Gasteiger partial charge in [-0.05, 0) is 32.2 Å². The molecule has 1 rings (SSSR count). The predicted octanol–water partition coefficient (Wildman–Crippen LogP) is 1.04. The molecule has 0 saturated heterocycles. The molecule has 0 atom stereocenters. The van der Waals surface area contributed by atoms with E-state index >= 15 is 0 Å². The van der Waals surface area contributed by atoms with Gasteiger partial charge in [0.1, 0.15) is 0 Å². The molecule has 0 amide bonds. The lowest BCUT2D eigenvalue weighted by atomic mass is 10.4. The normalized spacial score (nSPS) is 16.7. The van der Waals surface area contributed by atoms with Crippen LogP contribution in [0.1, 0.15) is 39.5 Å². The first-order chi connectivity index (χ1) is 8.52. The van der Waals surface area contributed by atoms with Crippen LogP contribution >= 0.6 is 0 Å². The van der Waals surface area contributed by atoms with Gasteiger partial charge in [-0.2, -0.15) is 17.0 Å². The number of nitrogens with zero attached hydrogens (tertiary/aromatic N) is 2. The summed E-state index contributed by atoms with van der Waals surface area (Å²) < 4.78 is 27.5. The second kappa shape index (κ2) is 7.43. The van der Waals surface area contributed by atoms with Gasteiger partial charge in [0.05, 0.1) is 0 Å². The van der Waals surface area contributed by atoms with Crippen molar-refractivity contribution in [2.24, 2.45) is 0 Å². The standard InChI is InChI=1S/C12H27N3O2S/c1-4-10-15(5-2)18(16,17)14(3)11-6-9-13-12-7-8-12/h12-13H,4-11H2,1-3H3. The Morgan fingerprint density at radius 3 is 2.39 bits per heavy atom. The van der Waals surface area contributed by atoms with Crippen LogP contribution < -0.4 is 5.32 Å². The van der Waals surface area contributed by atoms with Crippen molar-refractivity contribution in [2.75, 3.05) is 33.2 Å². The summed E-state index contributed by atoms with van der Waals surface area (Å²) in [5, 5.41) is 3.40. The lowest BCUT2D eigenvalue weighted by Gasteiger charge is -2.26. The van der Waals surface area contributed by atoms with Crippen LogP contribution in [0.25, 0.3) is 0 Å². The first-order valence-electron chi connectivity index (χ1n) is 6.97. The molecule has 0 spiro atoms. The molecule has 1 fully saturated rings. The number of nitrogens with one attached hydrogen (secondary N) is 1. The van der Waals surface area contributed by atoms with Gasteiger partial charge in [-0.1, -0.05) is 13.8 Å². The fourth-order valence-corrected chi connectivity index (χ4v) is 3.39. The van der Waals surface area contributed by atoms with E-state index in [0.717, 1.165) is 19.4 Å². The molecule has 1 aliphatic carbocycles. The Hall–Kier alpha value is -0.170. The number of hydrogen-bond donors (Lipinski definition) is 1. The van der Waals surface area contributed by atoms with Crippen LogP contribution in [0.15, 0.2) is 0 Å².